The van der Waals surface area contributed by atoms with Gasteiger partial charge in [0.05, 0.1) is 5.56 Å². The molecule has 0 spiro atoms. The van der Waals surface area contributed by atoms with Gasteiger partial charge in [0.15, 0.2) is 0 Å². The highest BCUT2D eigenvalue weighted by Crippen LogP contribution is 2.31. The number of nitrogens with zero attached hydrogens (tertiary/aromatic N) is 2. The Morgan fingerprint density at radius 3 is 2.39 bits per heavy atom. The summed E-state index contributed by atoms with van der Waals surface area (Å²) in [5, 5.41) is 0. The fourth-order valence-corrected chi connectivity index (χ4v) is 2.61. The Morgan fingerprint density at radius 2 is 1.83 bits per heavy atom. The number of benzene rings is 1. The Hall–Kier alpha value is -2.05. The van der Waals surface area contributed by atoms with Crippen molar-refractivity contribution < 1.29 is 22.8 Å². The quantitative estimate of drug-likeness (QED) is 0.855. The van der Waals surface area contributed by atoms with Gasteiger partial charge in [-0.1, -0.05) is 6.07 Å². The van der Waals surface area contributed by atoms with Crippen LogP contribution in [-0.4, -0.2) is 36.3 Å². The maximum absolute atomic E-state index is 12.8. The second-order valence-electron chi connectivity index (χ2n) is 5.59. The molecule has 0 aromatic heterocycles. The number of rotatable bonds is 3. The molecule has 1 aromatic rings. The third kappa shape index (κ3) is 4.46. The summed E-state index contributed by atoms with van der Waals surface area (Å²) in [5.74, 6) is -0.702. The molecule has 1 aromatic carbocycles. The second kappa shape index (κ2) is 7.02. The molecule has 2 rings (SSSR count). The van der Waals surface area contributed by atoms with E-state index in [1.807, 2.05) is 0 Å². The van der Waals surface area contributed by atoms with Crippen LogP contribution in [0.3, 0.4) is 0 Å². The standard InChI is InChI=1S/C16H19F3N2O2/c1-12(22)21(11-15(23)20-8-3-2-4-9-20)14-7-5-6-13(10-14)16(17,18)19/h5-7,10H,2-4,8-9,11H2,1H3. The Kier molecular flexibility index (Phi) is 5.28. The highest BCUT2D eigenvalue weighted by molar-refractivity contribution is 5.97. The van der Waals surface area contributed by atoms with Gasteiger partial charge in [0.2, 0.25) is 11.8 Å². The molecule has 1 aliphatic rings. The summed E-state index contributed by atoms with van der Waals surface area (Å²) in [5.41, 5.74) is -0.760. The minimum atomic E-state index is -4.49. The summed E-state index contributed by atoms with van der Waals surface area (Å²) in [6, 6.07) is 4.47. The average Bonchev–Trinajstić information content (AvgIpc) is 2.52. The van der Waals surface area contributed by atoms with Gasteiger partial charge in [-0.3, -0.25) is 9.59 Å². The van der Waals surface area contributed by atoms with Crippen LogP contribution in [0.2, 0.25) is 0 Å². The van der Waals surface area contributed by atoms with E-state index in [1.165, 1.54) is 19.1 Å². The molecule has 4 nitrogen and oxygen atoms in total. The van der Waals surface area contributed by atoms with Crippen LogP contribution in [0.5, 0.6) is 0 Å². The summed E-state index contributed by atoms with van der Waals surface area (Å²) in [6.07, 6.45) is -1.60. The van der Waals surface area contributed by atoms with E-state index < -0.39 is 17.6 Å². The molecule has 7 heteroatoms. The molecular formula is C16H19F3N2O2. The van der Waals surface area contributed by atoms with Gasteiger partial charge >= 0.3 is 6.18 Å². The number of carbonyl (C=O) groups excluding carboxylic acids is 2. The van der Waals surface area contributed by atoms with E-state index in [0.717, 1.165) is 36.3 Å². The summed E-state index contributed by atoms with van der Waals surface area (Å²) < 4.78 is 38.4. The normalized spacial score (nSPS) is 15.4. The van der Waals surface area contributed by atoms with Crippen LogP contribution in [-0.2, 0) is 15.8 Å². The van der Waals surface area contributed by atoms with Gasteiger partial charge in [0, 0.05) is 25.7 Å². The summed E-state index contributed by atoms with van der Waals surface area (Å²) in [7, 11) is 0. The van der Waals surface area contributed by atoms with Crippen LogP contribution in [0.15, 0.2) is 24.3 Å². The Bertz CT molecular complexity index is 581. The van der Waals surface area contributed by atoms with E-state index in [2.05, 4.69) is 0 Å². The minimum absolute atomic E-state index is 0.0812. The lowest BCUT2D eigenvalue weighted by molar-refractivity contribution is -0.137. The SMILES string of the molecule is CC(=O)N(CC(=O)N1CCCCC1)c1cccc(C(F)(F)F)c1. The van der Waals surface area contributed by atoms with E-state index >= 15 is 0 Å². The van der Waals surface area contributed by atoms with E-state index in [4.69, 9.17) is 0 Å². The molecule has 0 bridgehead atoms. The van der Waals surface area contributed by atoms with Crippen LogP contribution in [0.1, 0.15) is 31.7 Å². The molecule has 1 fully saturated rings. The van der Waals surface area contributed by atoms with E-state index in [0.29, 0.717) is 13.1 Å². The monoisotopic (exact) mass is 328 g/mol. The first-order valence-electron chi connectivity index (χ1n) is 7.52. The van der Waals surface area contributed by atoms with Crippen molar-refractivity contribution in [1.82, 2.24) is 4.90 Å². The zero-order valence-electron chi connectivity index (χ0n) is 12.9. The molecule has 1 saturated heterocycles. The van der Waals surface area contributed by atoms with E-state index in [1.54, 1.807) is 4.90 Å². The minimum Gasteiger partial charge on any atom is -0.341 e. The van der Waals surface area contributed by atoms with Crippen molar-refractivity contribution in [2.45, 2.75) is 32.4 Å². The van der Waals surface area contributed by atoms with Gasteiger partial charge in [-0.25, -0.2) is 0 Å². The highest BCUT2D eigenvalue weighted by atomic mass is 19.4. The number of alkyl halides is 3. The van der Waals surface area contributed by atoms with E-state index in [-0.39, 0.29) is 18.1 Å². The van der Waals surface area contributed by atoms with Crippen molar-refractivity contribution in [3.8, 4) is 0 Å². The first-order valence-corrected chi connectivity index (χ1v) is 7.52. The summed E-state index contributed by atoms with van der Waals surface area (Å²) in [6.45, 7) is 2.26. The molecule has 23 heavy (non-hydrogen) atoms. The fourth-order valence-electron chi connectivity index (χ4n) is 2.61. The Balaban J connectivity index is 2.18. The molecule has 0 radical (unpaired) electrons. The molecular weight excluding hydrogens is 309 g/mol. The van der Waals surface area contributed by atoms with Crippen molar-refractivity contribution >= 4 is 17.5 Å². The first kappa shape index (κ1) is 17.3. The van der Waals surface area contributed by atoms with Gasteiger partial charge in [-0.05, 0) is 37.5 Å². The third-order valence-electron chi connectivity index (χ3n) is 3.87. The van der Waals surface area contributed by atoms with Crippen LogP contribution in [0.4, 0.5) is 18.9 Å². The second-order valence-corrected chi connectivity index (χ2v) is 5.59. The van der Waals surface area contributed by atoms with Crippen molar-refractivity contribution in [3.63, 3.8) is 0 Å². The molecule has 0 saturated carbocycles. The molecule has 1 heterocycles. The van der Waals surface area contributed by atoms with Crippen molar-refractivity contribution in [2.75, 3.05) is 24.5 Å². The van der Waals surface area contributed by atoms with Crippen LogP contribution < -0.4 is 4.90 Å². The third-order valence-corrected chi connectivity index (χ3v) is 3.87. The average molecular weight is 328 g/mol. The number of carbonyl (C=O) groups is 2. The molecule has 0 aliphatic carbocycles. The number of amides is 2. The molecule has 0 atom stereocenters. The lowest BCUT2D eigenvalue weighted by atomic mass is 10.1. The van der Waals surface area contributed by atoms with Gasteiger partial charge in [0.1, 0.15) is 6.54 Å². The molecule has 1 aliphatic heterocycles. The first-order chi connectivity index (χ1) is 10.8. The lowest BCUT2D eigenvalue weighted by Crippen LogP contribution is -2.44. The number of anilines is 1. The topological polar surface area (TPSA) is 40.6 Å². The largest absolute Gasteiger partial charge is 0.416 e. The van der Waals surface area contributed by atoms with Crippen LogP contribution in [0.25, 0.3) is 0 Å². The summed E-state index contributed by atoms with van der Waals surface area (Å²) in [4.78, 5) is 26.8. The van der Waals surface area contributed by atoms with Crippen molar-refractivity contribution in [1.29, 1.82) is 0 Å². The van der Waals surface area contributed by atoms with E-state index in [9.17, 15) is 22.8 Å². The van der Waals surface area contributed by atoms with Crippen molar-refractivity contribution in [3.05, 3.63) is 29.8 Å². The molecule has 0 unspecified atom stereocenters. The number of piperidine rings is 1. The predicted molar refractivity (Wildman–Crippen MR) is 79.9 cm³/mol. The summed E-state index contributed by atoms with van der Waals surface area (Å²) >= 11 is 0. The predicted octanol–water partition coefficient (Wildman–Crippen LogP) is 3.07. The Labute approximate surface area is 132 Å². The number of halogens is 3. The maximum Gasteiger partial charge on any atom is 0.416 e. The molecule has 126 valence electrons. The van der Waals surface area contributed by atoms with Crippen LogP contribution >= 0.6 is 0 Å². The van der Waals surface area contributed by atoms with Crippen molar-refractivity contribution in [2.24, 2.45) is 0 Å². The molecule has 0 N–H and O–H groups in total. The van der Waals surface area contributed by atoms with Gasteiger partial charge in [0.25, 0.3) is 0 Å². The maximum atomic E-state index is 12.8. The smallest absolute Gasteiger partial charge is 0.341 e. The Morgan fingerprint density at radius 1 is 1.17 bits per heavy atom. The van der Waals surface area contributed by atoms with Crippen LogP contribution in [0, 0.1) is 0 Å². The van der Waals surface area contributed by atoms with Gasteiger partial charge in [-0.2, -0.15) is 13.2 Å². The number of likely N-dealkylation sites (tertiary alicyclic amines) is 1. The fraction of sp³-hybridized carbons (Fsp3) is 0.500. The lowest BCUT2D eigenvalue weighted by Gasteiger charge is -2.30. The number of hydrogen-bond acceptors (Lipinski definition) is 2. The van der Waals surface area contributed by atoms with Gasteiger partial charge < -0.3 is 9.80 Å². The zero-order valence-corrected chi connectivity index (χ0v) is 12.9. The zero-order chi connectivity index (χ0) is 17.0. The molecule has 2 amide bonds. The van der Waals surface area contributed by atoms with Gasteiger partial charge in [-0.15, -0.1) is 0 Å². The number of hydrogen-bond donors (Lipinski definition) is 0. The highest BCUT2D eigenvalue weighted by Gasteiger charge is 2.31.